The highest BCUT2D eigenvalue weighted by Crippen LogP contribution is 2.17. The normalized spacial score (nSPS) is 10.8. The number of halogens is 1. The fourth-order valence-electron chi connectivity index (χ4n) is 1.35. The maximum Gasteiger partial charge on any atom is 0.0901 e. The van der Waals surface area contributed by atoms with Gasteiger partial charge in [-0.15, -0.1) is 0 Å². The maximum absolute atomic E-state index is 5.56. The molecule has 0 spiro atoms. The topological polar surface area (TPSA) is 51.8 Å². The molecule has 2 rings (SSSR count). The summed E-state index contributed by atoms with van der Waals surface area (Å²) >= 11 is 3.40. The molecule has 0 radical (unpaired) electrons. The first-order chi connectivity index (χ1) is 6.70. The second-order valence-electron chi connectivity index (χ2n) is 3.09. The molecule has 2 N–H and O–H groups in total. The molecule has 14 heavy (non-hydrogen) atoms. The summed E-state index contributed by atoms with van der Waals surface area (Å²) in [6.07, 6.45) is 0. The van der Waals surface area contributed by atoms with Crippen molar-refractivity contribution in [3.8, 4) is 0 Å². The predicted octanol–water partition coefficient (Wildman–Crippen LogP) is 2.16. The van der Waals surface area contributed by atoms with E-state index in [1.807, 2.05) is 25.1 Å². The van der Waals surface area contributed by atoms with Crippen molar-refractivity contribution in [3.63, 3.8) is 0 Å². The van der Waals surface area contributed by atoms with Crippen LogP contribution < -0.4 is 5.73 Å². The summed E-state index contributed by atoms with van der Waals surface area (Å²) in [6.45, 7) is 2.36. The van der Waals surface area contributed by atoms with Gasteiger partial charge in [0.2, 0.25) is 0 Å². The van der Waals surface area contributed by atoms with Crippen molar-refractivity contribution < 1.29 is 0 Å². The van der Waals surface area contributed by atoms with Crippen molar-refractivity contribution in [1.82, 2.24) is 9.97 Å². The van der Waals surface area contributed by atoms with E-state index in [9.17, 15) is 0 Å². The molecule has 1 aromatic heterocycles. The van der Waals surface area contributed by atoms with Crippen molar-refractivity contribution in [2.75, 3.05) is 0 Å². The number of benzene rings is 1. The number of aromatic nitrogens is 2. The fraction of sp³-hybridized carbons (Fsp3) is 0.200. The second kappa shape index (κ2) is 3.63. The average molecular weight is 252 g/mol. The first kappa shape index (κ1) is 9.55. The smallest absolute Gasteiger partial charge is 0.0901 e. The lowest BCUT2D eigenvalue weighted by atomic mass is 10.2. The van der Waals surface area contributed by atoms with Crippen molar-refractivity contribution in [2.24, 2.45) is 5.73 Å². The number of nitrogens with zero attached hydrogens (tertiary/aromatic N) is 2. The second-order valence-corrected chi connectivity index (χ2v) is 4.01. The Bertz CT molecular complexity index is 482. The highest BCUT2D eigenvalue weighted by molar-refractivity contribution is 9.10. The lowest BCUT2D eigenvalue weighted by Gasteiger charge is -2.04. The summed E-state index contributed by atoms with van der Waals surface area (Å²) in [4.78, 5) is 8.86. The van der Waals surface area contributed by atoms with Crippen LogP contribution in [0.2, 0.25) is 0 Å². The lowest BCUT2D eigenvalue weighted by molar-refractivity contribution is 0.954. The third kappa shape index (κ3) is 1.63. The van der Waals surface area contributed by atoms with Gasteiger partial charge in [0.1, 0.15) is 0 Å². The highest BCUT2D eigenvalue weighted by atomic mass is 79.9. The van der Waals surface area contributed by atoms with Crippen LogP contribution in [0, 0.1) is 6.92 Å². The number of nitrogens with two attached hydrogens (primary N) is 1. The summed E-state index contributed by atoms with van der Waals surface area (Å²) in [7, 11) is 0. The van der Waals surface area contributed by atoms with E-state index in [-0.39, 0.29) is 0 Å². The van der Waals surface area contributed by atoms with E-state index in [2.05, 4.69) is 25.9 Å². The minimum Gasteiger partial charge on any atom is -0.325 e. The van der Waals surface area contributed by atoms with E-state index in [1.54, 1.807) is 0 Å². The molecule has 72 valence electrons. The molecule has 0 aliphatic rings. The summed E-state index contributed by atoms with van der Waals surface area (Å²) < 4.78 is 1.01. The van der Waals surface area contributed by atoms with Crippen LogP contribution in [0.25, 0.3) is 11.0 Å². The van der Waals surface area contributed by atoms with Gasteiger partial charge in [-0.2, -0.15) is 0 Å². The van der Waals surface area contributed by atoms with Crippen molar-refractivity contribution in [1.29, 1.82) is 0 Å². The van der Waals surface area contributed by atoms with E-state index < -0.39 is 0 Å². The minimum atomic E-state index is 0.435. The zero-order valence-electron chi connectivity index (χ0n) is 7.79. The first-order valence-electron chi connectivity index (χ1n) is 4.33. The number of hydrogen-bond acceptors (Lipinski definition) is 3. The van der Waals surface area contributed by atoms with Gasteiger partial charge in [0.05, 0.1) is 22.4 Å². The van der Waals surface area contributed by atoms with Crippen LogP contribution in [-0.2, 0) is 6.54 Å². The molecule has 0 aliphatic heterocycles. The molecule has 0 atom stereocenters. The molecule has 0 unspecified atom stereocenters. The van der Waals surface area contributed by atoms with Gasteiger partial charge >= 0.3 is 0 Å². The van der Waals surface area contributed by atoms with E-state index >= 15 is 0 Å². The third-order valence-corrected chi connectivity index (χ3v) is 2.59. The molecule has 0 saturated heterocycles. The van der Waals surface area contributed by atoms with Gasteiger partial charge in [-0.1, -0.05) is 15.9 Å². The summed E-state index contributed by atoms with van der Waals surface area (Å²) in [5.41, 5.74) is 9.11. The summed E-state index contributed by atoms with van der Waals surface area (Å²) in [5, 5.41) is 0. The molecule has 0 saturated carbocycles. The Kier molecular flexibility index (Phi) is 2.48. The van der Waals surface area contributed by atoms with Gasteiger partial charge in [-0.25, -0.2) is 9.97 Å². The maximum atomic E-state index is 5.56. The Morgan fingerprint density at radius 3 is 2.79 bits per heavy atom. The Labute approximate surface area is 90.5 Å². The first-order valence-corrected chi connectivity index (χ1v) is 5.13. The standard InChI is InChI=1S/C10H10BrN3/c1-6-10(5-12)14-8-3-2-7(11)4-9(8)13-6/h2-4H,5,12H2,1H3. The van der Waals surface area contributed by atoms with Crippen LogP contribution in [0.4, 0.5) is 0 Å². The van der Waals surface area contributed by atoms with Crippen LogP contribution in [0.15, 0.2) is 22.7 Å². The molecular weight excluding hydrogens is 242 g/mol. The molecule has 1 aromatic carbocycles. The van der Waals surface area contributed by atoms with E-state index in [0.29, 0.717) is 6.54 Å². The Hall–Kier alpha value is -1.00. The Morgan fingerprint density at radius 2 is 2.07 bits per heavy atom. The quantitative estimate of drug-likeness (QED) is 0.846. The molecule has 0 bridgehead atoms. The molecule has 2 aromatic rings. The monoisotopic (exact) mass is 251 g/mol. The van der Waals surface area contributed by atoms with E-state index in [0.717, 1.165) is 26.9 Å². The molecular formula is C10H10BrN3. The SMILES string of the molecule is Cc1nc2cc(Br)ccc2nc1CN. The Morgan fingerprint density at radius 1 is 1.29 bits per heavy atom. The number of rotatable bonds is 1. The number of aryl methyl sites for hydroxylation is 1. The number of hydrogen-bond donors (Lipinski definition) is 1. The highest BCUT2D eigenvalue weighted by Gasteiger charge is 2.03. The van der Waals surface area contributed by atoms with E-state index in [4.69, 9.17) is 5.73 Å². The van der Waals surface area contributed by atoms with Crippen molar-refractivity contribution >= 4 is 27.0 Å². The van der Waals surface area contributed by atoms with Crippen LogP contribution in [0.5, 0.6) is 0 Å². The molecule has 1 heterocycles. The van der Waals surface area contributed by atoms with Crippen molar-refractivity contribution in [2.45, 2.75) is 13.5 Å². The van der Waals surface area contributed by atoms with Gasteiger partial charge in [0, 0.05) is 11.0 Å². The average Bonchev–Trinajstić information content (AvgIpc) is 2.16. The van der Waals surface area contributed by atoms with Crippen LogP contribution in [0.3, 0.4) is 0 Å². The largest absolute Gasteiger partial charge is 0.325 e. The predicted molar refractivity (Wildman–Crippen MR) is 59.9 cm³/mol. The molecule has 0 fully saturated rings. The van der Waals surface area contributed by atoms with Gasteiger partial charge in [0.25, 0.3) is 0 Å². The number of fused-ring (bicyclic) bond motifs is 1. The van der Waals surface area contributed by atoms with Gasteiger partial charge in [-0.05, 0) is 25.1 Å². The third-order valence-electron chi connectivity index (χ3n) is 2.09. The molecule has 0 amide bonds. The summed E-state index contributed by atoms with van der Waals surface area (Å²) in [5.74, 6) is 0. The van der Waals surface area contributed by atoms with E-state index in [1.165, 1.54) is 0 Å². The van der Waals surface area contributed by atoms with Crippen LogP contribution in [0.1, 0.15) is 11.4 Å². The zero-order valence-corrected chi connectivity index (χ0v) is 9.37. The zero-order chi connectivity index (χ0) is 10.1. The Balaban J connectivity index is 2.73. The summed E-state index contributed by atoms with van der Waals surface area (Å²) in [6, 6.07) is 5.84. The lowest BCUT2D eigenvalue weighted by Crippen LogP contribution is -2.04. The molecule has 3 nitrogen and oxygen atoms in total. The van der Waals surface area contributed by atoms with Gasteiger partial charge < -0.3 is 5.73 Å². The molecule has 0 aliphatic carbocycles. The van der Waals surface area contributed by atoms with Crippen molar-refractivity contribution in [3.05, 3.63) is 34.1 Å². The molecule has 4 heteroatoms. The fourth-order valence-corrected chi connectivity index (χ4v) is 1.69. The van der Waals surface area contributed by atoms with Crippen LogP contribution >= 0.6 is 15.9 Å². The van der Waals surface area contributed by atoms with Crippen LogP contribution in [-0.4, -0.2) is 9.97 Å². The van der Waals surface area contributed by atoms with Gasteiger partial charge in [-0.3, -0.25) is 0 Å². The van der Waals surface area contributed by atoms with Gasteiger partial charge in [0.15, 0.2) is 0 Å². The minimum absolute atomic E-state index is 0.435.